The van der Waals surface area contributed by atoms with Gasteiger partial charge in [-0.15, -0.1) is 0 Å². The Morgan fingerprint density at radius 2 is 1.83 bits per heavy atom. The quantitative estimate of drug-likeness (QED) is 0.597. The number of carbonyl (C=O) groups is 3. The molecule has 4 heteroatoms. The molecule has 4 rings (SSSR count). The Balaban J connectivity index is 1.78. The van der Waals surface area contributed by atoms with E-state index >= 15 is 0 Å². The Labute approximate surface area is 180 Å². The topological polar surface area (TPSA) is 60.4 Å². The van der Waals surface area contributed by atoms with Gasteiger partial charge in [0.1, 0.15) is 0 Å². The third-order valence-electron chi connectivity index (χ3n) is 9.49. The van der Waals surface area contributed by atoms with E-state index in [-0.39, 0.29) is 34.8 Å². The fourth-order valence-corrected chi connectivity index (χ4v) is 8.25. The van der Waals surface area contributed by atoms with Crippen LogP contribution in [0.25, 0.3) is 0 Å². The first-order valence-electron chi connectivity index (χ1n) is 11.6. The van der Waals surface area contributed by atoms with Crippen molar-refractivity contribution in [3.63, 3.8) is 0 Å². The van der Waals surface area contributed by atoms with E-state index in [4.69, 9.17) is 4.74 Å². The molecule has 0 aromatic heterocycles. The Morgan fingerprint density at radius 3 is 2.47 bits per heavy atom. The summed E-state index contributed by atoms with van der Waals surface area (Å²) in [6, 6.07) is 0. The van der Waals surface area contributed by atoms with Crippen molar-refractivity contribution in [2.45, 2.75) is 85.7 Å². The number of ketones is 2. The maximum Gasteiger partial charge on any atom is 0.306 e. The second kappa shape index (κ2) is 6.64. The third-order valence-corrected chi connectivity index (χ3v) is 9.49. The van der Waals surface area contributed by atoms with Gasteiger partial charge in [-0.05, 0) is 68.9 Å². The molecule has 4 aliphatic rings. The van der Waals surface area contributed by atoms with Crippen LogP contribution < -0.4 is 0 Å². The van der Waals surface area contributed by atoms with E-state index in [1.807, 2.05) is 6.08 Å². The van der Waals surface area contributed by atoms with Gasteiger partial charge in [0.25, 0.3) is 0 Å². The van der Waals surface area contributed by atoms with Gasteiger partial charge in [-0.1, -0.05) is 46.3 Å². The average molecular weight is 413 g/mol. The van der Waals surface area contributed by atoms with E-state index in [1.165, 1.54) is 5.57 Å². The van der Waals surface area contributed by atoms with Crippen molar-refractivity contribution in [1.82, 2.24) is 0 Å². The Bertz CT molecular complexity index is 864. The van der Waals surface area contributed by atoms with Crippen molar-refractivity contribution >= 4 is 17.5 Å². The van der Waals surface area contributed by atoms with Crippen LogP contribution in [-0.2, 0) is 19.1 Å². The molecule has 0 radical (unpaired) electrons. The minimum atomic E-state index is -1.07. The van der Waals surface area contributed by atoms with E-state index in [2.05, 4.69) is 33.8 Å². The van der Waals surface area contributed by atoms with Gasteiger partial charge in [-0.25, -0.2) is 0 Å². The predicted octanol–water partition coefficient (Wildman–Crippen LogP) is 5.21. The SMILES string of the molecule is CCC(=O)O[C@]1(C(C)=O)C(C)(C)C[C@H]2[C@@H]3CCC4=CC(=O)C=C[C@]4(C)[C@H]3CC[C@@]21C. The molecule has 0 aromatic rings. The van der Waals surface area contributed by atoms with Crippen molar-refractivity contribution in [2.75, 3.05) is 0 Å². The number of Topliss-reactive ketones (excluding diaryl/α,β-unsaturated/α-hetero) is 1. The fraction of sp³-hybridized carbons (Fsp3) is 0.731. The maximum atomic E-state index is 13.2. The molecule has 0 bridgehead atoms. The maximum absolute atomic E-state index is 13.2. The van der Waals surface area contributed by atoms with Crippen LogP contribution in [0.4, 0.5) is 0 Å². The molecule has 0 aliphatic heterocycles. The van der Waals surface area contributed by atoms with Crippen molar-refractivity contribution < 1.29 is 19.1 Å². The molecule has 0 N–H and O–H groups in total. The lowest BCUT2D eigenvalue weighted by Crippen LogP contribution is -2.62. The minimum Gasteiger partial charge on any atom is -0.450 e. The van der Waals surface area contributed by atoms with Crippen LogP contribution in [0.15, 0.2) is 23.8 Å². The summed E-state index contributed by atoms with van der Waals surface area (Å²) in [5.74, 6) is 1.06. The smallest absolute Gasteiger partial charge is 0.306 e. The number of ether oxygens (including phenoxy) is 1. The van der Waals surface area contributed by atoms with Gasteiger partial charge in [-0.3, -0.25) is 14.4 Å². The molecule has 3 saturated carbocycles. The predicted molar refractivity (Wildman–Crippen MR) is 116 cm³/mol. The average Bonchev–Trinajstić information content (AvgIpc) is 2.86. The number of allylic oxidation sites excluding steroid dienone is 4. The van der Waals surface area contributed by atoms with Crippen molar-refractivity contribution in [2.24, 2.45) is 34.0 Å². The molecular formula is C26H36O4. The van der Waals surface area contributed by atoms with Crippen molar-refractivity contribution in [1.29, 1.82) is 0 Å². The highest BCUT2D eigenvalue weighted by molar-refractivity contribution is 6.01. The number of rotatable bonds is 3. The van der Waals surface area contributed by atoms with Gasteiger partial charge >= 0.3 is 5.97 Å². The second-order valence-corrected chi connectivity index (χ2v) is 11.2. The summed E-state index contributed by atoms with van der Waals surface area (Å²) in [7, 11) is 0. The lowest BCUT2D eigenvalue weighted by Gasteiger charge is -2.58. The summed E-state index contributed by atoms with van der Waals surface area (Å²) in [5.41, 5.74) is -0.650. The highest BCUT2D eigenvalue weighted by Gasteiger charge is 2.74. The van der Waals surface area contributed by atoms with Crippen LogP contribution in [0.3, 0.4) is 0 Å². The molecule has 0 saturated heterocycles. The normalized spacial score (nSPS) is 43.9. The van der Waals surface area contributed by atoms with Crippen molar-refractivity contribution in [3.05, 3.63) is 23.8 Å². The lowest BCUT2D eigenvalue weighted by molar-refractivity contribution is -0.202. The molecule has 164 valence electrons. The number of fused-ring (bicyclic) bond motifs is 5. The molecule has 4 aliphatic carbocycles. The molecule has 0 spiro atoms. The highest BCUT2D eigenvalue weighted by Crippen LogP contribution is 2.72. The van der Waals surface area contributed by atoms with E-state index in [0.29, 0.717) is 17.8 Å². The lowest BCUT2D eigenvalue weighted by atomic mass is 9.47. The Morgan fingerprint density at radius 1 is 1.13 bits per heavy atom. The van der Waals surface area contributed by atoms with Crippen LogP contribution >= 0.6 is 0 Å². The zero-order valence-corrected chi connectivity index (χ0v) is 19.3. The zero-order chi connectivity index (χ0) is 22.1. The van der Waals surface area contributed by atoms with Crippen LogP contribution in [-0.4, -0.2) is 23.1 Å². The van der Waals surface area contributed by atoms with Crippen LogP contribution in [0.2, 0.25) is 0 Å². The van der Waals surface area contributed by atoms with Gasteiger partial charge in [0.05, 0.1) is 0 Å². The van der Waals surface area contributed by atoms with Crippen LogP contribution in [0.1, 0.15) is 80.1 Å². The van der Waals surface area contributed by atoms with Crippen molar-refractivity contribution in [3.8, 4) is 0 Å². The monoisotopic (exact) mass is 412 g/mol. The first-order valence-corrected chi connectivity index (χ1v) is 11.6. The molecule has 30 heavy (non-hydrogen) atoms. The number of carbonyl (C=O) groups excluding carboxylic acids is 3. The molecule has 0 unspecified atom stereocenters. The number of esters is 1. The molecule has 4 nitrogen and oxygen atoms in total. The molecule has 0 heterocycles. The van der Waals surface area contributed by atoms with Gasteiger partial charge < -0.3 is 4.74 Å². The second-order valence-electron chi connectivity index (χ2n) is 11.2. The largest absolute Gasteiger partial charge is 0.450 e. The molecule has 0 amide bonds. The first kappa shape index (κ1) is 21.5. The van der Waals surface area contributed by atoms with Gasteiger partial charge in [0.2, 0.25) is 0 Å². The van der Waals surface area contributed by atoms with E-state index in [1.54, 1.807) is 19.9 Å². The van der Waals surface area contributed by atoms with Gasteiger partial charge in [-0.2, -0.15) is 0 Å². The van der Waals surface area contributed by atoms with Gasteiger partial charge in [0.15, 0.2) is 17.2 Å². The summed E-state index contributed by atoms with van der Waals surface area (Å²) in [6.07, 6.45) is 10.7. The standard InChI is InChI=1S/C26H36O4/c1-7-22(29)30-26(16(2)27)23(3,4)15-21-19-9-8-17-14-18(28)10-12-24(17,5)20(19)11-13-25(21,26)6/h10,12,14,19-21H,7-9,11,13,15H2,1-6H3/t19-,20+,21+,24+,25+,26-/m1/s1. The number of hydrogen-bond acceptors (Lipinski definition) is 4. The third kappa shape index (κ3) is 2.54. The minimum absolute atomic E-state index is 0.0106. The number of hydrogen-bond donors (Lipinski definition) is 0. The van der Waals surface area contributed by atoms with E-state index < -0.39 is 11.0 Å². The first-order chi connectivity index (χ1) is 13.9. The van der Waals surface area contributed by atoms with E-state index in [0.717, 1.165) is 32.1 Å². The van der Waals surface area contributed by atoms with Crippen LogP contribution in [0.5, 0.6) is 0 Å². The Kier molecular flexibility index (Phi) is 4.76. The summed E-state index contributed by atoms with van der Waals surface area (Å²) in [5, 5.41) is 0. The summed E-state index contributed by atoms with van der Waals surface area (Å²) in [4.78, 5) is 37.7. The molecule has 6 atom stereocenters. The molecule has 3 fully saturated rings. The van der Waals surface area contributed by atoms with Crippen LogP contribution in [0, 0.1) is 34.0 Å². The molecular weight excluding hydrogens is 376 g/mol. The highest BCUT2D eigenvalue weighted by atomic mass is 16.6. The summed E-state index contributed by atoms with van der Waals surface area (Å²) < 4.78 is 6.16. The fourth-order valence-electron chi connectivity index (χ4n) is 8.25. The summed E-state index contributed by atoms with van der Waals surface area (Å²) >= 11 is 0. The summed E-state index contributed by atoms with van der Waals surface area (Å²) in [6.45, 7) is 12.1. The Hall–Kier alpha value is -1.71. The van der Waals surface area contributed by atoms with Gasteiger partial charge in [0, 0.05) is 22.7 Å². The molecule has 0 aromatic carbocycles. The zero-order valence-electron chi connectivity index (χ0n) is 19.3. The van der Waals surface area contributed by atoms with E-state index in [9.17, 15) is 14.4 Å².